The van der Waals surface area contributed by atoms with Crippen molar-refractivity contribution >= 4 is 0 Å². The first-order valence-electron chi connectivity index (χ1n) is 6.47. The Morgan fingerprint density at radius 3 is 2.30 bits per heavy atom. The zero-order valence-corrected chi connectivity index (χ0v) is 11.3. The molecule has 2 nitrogen and oxygen atoms in total. The highest BCUT2D eigenvalue weighted by atomic mass is 19.1. The quantitative estimate of drug-likeness (QED) is 0.894. The van der Waals surface area contributed by atoms with Gasteiger partial charge in [-0.05, 0) is 32.0 Å². The Morgan fingerprint density at radius 1 is 1.15 bits per heavy atom. The predicted octanol–water partition coefficient (Wildman–Crippen LogP) is 4.09. The number of aryl methyl sites for hydroxylation is 1. The Kier molecular flexibility index (Phi) is 4.49. The fourth-order valence-corrected chi connectivity index (χ4v) is 2.07. The number of halogens is 3. The first kappa shape index (κ1) is 14.7. The zero-order valence-electron chi connectivity index (χ0n) is 11.3. The highest BCUT2D eigenvalue weighted by molar-refractivity contribution is 5.30. The molecule has 108 valence electrons. The lowest BCUT2D eigenvalue weighted by atomic mass is 10.0. The van der Waals surface area contributed by atoms with Gasteiger partial charge in [-0.2, -0.15) is 0 Å². The normalized spacial score (nSPS) is 12.7. The molecule has 0 amide bonds. The van der Waals surface area contributed by atoms with E-state index in [9.17, 15) is 13.2 Å². The zero-order chi connectivity index (χ0) is 14.7. The molecule has 1 aromatic heterocycles. The van der Waals surface area contributed by atoms with Gasteiger partial charge in [-0.25, -0.2) is 13.2 Å². The van der Waals surface area contributed by atoms with Crippen LogP contribution in [0.5, 0.6) is 0 Å². The van der Waals surface area contributed by atoms with Crippen molar-refractivity contribution in [2.75, 3.05) is 6.54 Å². The van der Waals surface area contributed by atoms with Gasteiger partial charge in [-0.1, -0.05) is 6.92 Å². The molecule has 5 heteroatoms. The molecule has 1 atom stereocenters. The Hall–Kier alpha value is -1.75. The van der Waals surface area contributed by atoms with Gasteiger partial charge >= 0.3 is 0 Å². The van der Waals surface area contributed by atoms with Gasteiger partial charge in [-0.3, -0.25) is 0 Å². The van der Waals surface area contributed by atoms with Gasteiger partial charge < -0.3 is 9.73 Å². The standard InChI is InChI=1S/C15H16F3NO/c1-3-6-19-15(13-5-4-9(2)20-13)14-11(17)7-10(16)8-12(14)18/h4-5,7-8,15,19H,3,6H2,1-2H3. The van der Waals surface area contributed by atoms with E-state index in [1.165, 1.54) is 0 Å². The van der Waals surface area contributed by atoms with Crippen LogP contribution in [-0.2, 0) is 0 Å². The van der Waals surface area contributed by atoms with Crippen molar-refractivity contribution in [3.8, 4) is 0 Å². The number of furan rings is 1. The number of rotatable bonds is 5. The molecule has 1 heterocycles. The highest BCUT2D eigenvalue weighted by Crippen LogP contribution is 2.29. The highest BCUT2D eigenvalue weighted by Gasteiger charge is 2.25. The molecule has 0 fully saturated rings. The van der Waals surface area contributed by atoms with Crippen molar-refractivity contribution < 1.29 is 17.6 Å². The van der Waals surface area contributed by atoms with E-state index in [1.54, 1.807) is 19.1 Å². The fourth-order valence-electron chi connectivity index (χ4n) is 2.07. The van der Waals surface area contributed by atoms with Crippen molar-refractivity contribution in [1.82, 2.24) is 5.32 Å². The van der Waals surface area contributed by atoms with Gasteiger partial charge in [0.15, 0.2) is 0 Å². The smallest absolute Gasteiger partial charge is 0.134 e. The van der Waals surface area contributed by atoms with Gasteiger partial charge in [0.2, 0.25) is 0 Å². The van der Waals surface area contributed by atoms with Crippen LogP contribution in [0.15, 0.2) is 28.7 Å². The van der Waals surface area contributed by atoms with Gasteiger partial charge in [0.1, 0.15) is 29.0 Å². The third kappa shape index (κ3) is 3.04. The molecule has 0 aliphatic rings. The number of hydrogen-bond acceptors (Lipinski definition) is 2. The topological polar surface area (TPSA) is 25.2 Å². The Morgan fingerprint density at radius 2 is 1.80 bits per heavy atom. The lowest BCUT2D eigenvalue weighted by Gasteiger charge is -2.18. The molecule has 1 aromatic carbocycles. The van der Waals surface area contributed by atoms with Crippen LogP contribution in [0, 0.1) is 24.4 Å². The van der Waals surface area contributed by atoms with Crippen molar-refractivity contribution in [1.29, 1.82) is 0 Å². The summed E-state index contributed by atoms with van der Waals surface area (Å²) >= 11 is 0. The van der Waals surface area contributed by atoms with Gasteiger partial charge in [0.25, 0.3) is 0 Å². The molecule has 0 bridgehead atoms. The van der Waals surface area contributed by atoms with E-state index in [0.717, 1.165) is 6.42 Å². The fraction of sp³-hybridized carbons (Fsp3) is 0.333. The molecule has 1 N–H and O–H groups in total. The predicted molar refractivity (Wildman–Crippen MR) is 69.9 cm³/mol. The van der Waals surface area contributed by atoms with E-state index < -0.39 is 23.5 Å². The SMILES string of the molecule is CCCNC(c1ccc(C)o1)c1c(F)cc(F)cc1F. The van der Waals surface area contributed by atoms with Crippen LogP contribution in [0.3, 0.4) is 0 Å². The van der Waals surface area contributed by atoms with E-state index in [1.807, 2.05) is 6.92 Å². The van der Waals surface area contributed by atoms with Gasteiger partial charge in [0.05, 0.1) is 6.04 Å². The van der Waals surface area contributed by atoms with Gasteiger partial charge in [-0.15, -0.1) is 0 Å². The van der Waals surface area contributed by atoms with Crippen LogP contribution in [0.25, 0.3) is 0 Å². The summed E-state index contributed by atoms with van der Waals surface area (Å²) in [7, 11) is 0. The number of hydrogen-bond donors (Lipinski definition) is 1. The third-order valence-corrected chi connectivity index (χ3v) is 2.98. The summed E-state index contributed by atoms with van der Waals surface area (Å²) in [5, 5.41) is 3.02. The average Bonchev–Trinajstić information content (AvgIpc) is 2.78. The van der Waals surface area contributed by atoms with Crippen molar-refractivity contribution in [2.45, 2.75) is 26.3 Å². The van der Waals surface area contributed by atoms with Crippen LogP contribution in [-0.4, -0.2) is 6.54 Å². The lowest BCUT2D eigenvalue weighted by Crippen LogP contribution is -2.25. The van der Waals surface area contributed by atoms with E-state index in [-0.39, 0.29) is 5.56 Å². The average molecular weight is 283 g/mol. The second-order valence-electron chi connectivity index (χ2n) is 4.62. The molecule has 1 unspecified atom stereocenters. The summed E-state index contributed by atoms with van der Waals surface area (Å²) in [6.45, 7) is 4.24. The molecule has 2 aromatic rings. The van der Waals surface area contributed by atoms with E-state index in [4.69, 9.17) is 4.42 Å². The maximum absolute atomic E-state index is 13.9. The lowest BCUT2D eigenvalue weighted by molar-refractivity contribution is 0.408. The molecule has 0 radical (unpaired) electrons. The van der Waals surface area contributed by atoms with E-state index >= 15 is 0 Å². The van der Waals surface area contributed by atoms with Crippen molar-refractivity contribution in [3.63, 3.8) is 0 Å². The molecule has 0 aliphatic carbocycles. The molecular formula is C15H16F3NO. The van der Waals surface area contributed by atoms with Crippen LogP contribution >= 0.6 is 0 Å². The van der Waals surface area contributed by atoms with E-state index in [0.29, 0.717) is 30.2 Å². The summed E-state index contributed by atoms with van der Waals surface area (Å²) < 4.78 is 46.3. The molecule has 20 heavy (non-hydrogen) atoms. The minimum atomic E-state index is -0.936. The van der Waals surface area contributed by atoms with E-state index in [2.05, 4.69) is 5.32 Å². The molecular weight excluding hydrogens is 267 g/mol. The third-order valence-electron chi connectivity index (χ3n) is 2.98. The maximum Gasteiger partial charge on any atom is 0.134 e. The minimum absolute atomic E-state index is 0.228. The molecule has 0 saturated carbocycles. The summed E-state index contributed by atoms with van der Waals surface area (Å²) in [5.41, 5.74) is -0.228. The first-order chi connectivity index (χ1) is 9.52. The van der Waals surface area contributed by atoms with Crippen molar-refractivity contribution in [2.24, 2.45) is 0 Å². The summed E-state index contributed by atoms with van der Waals surface area (Å²) in [6.07, 6.45) is 0.792. The van der Waals surface area contributed by atoms with Crippen LogP contribution in [0.2, 0.25) is 0 Å². The summed E-state index contributed by atoms with van der Waals surface area (Å²) in [6, 6.07) is 3.95. The summed E-state index contributed by atoms with van der Waals surface area (Å²) in [4.78, 5) is 0. The van der Waals surface area contributed by atoms with Crippen LogP contribution in [0.4, 0.5) is 13.2 Å². The minimum Gasteiger partial charge on any atom is -0.464 e. The number of nitrogens with one attached hydrogen (secondary N) is 1. The Bertz CT molecular complexity index is 572. The summed E-state index contributed by atoms with van der Waals surface area (Å²) in [5.74, 6) is -1.74. The van der Waals surface area contributed by atoms with Crippen LogP contribution in [0.1, 0.15) is 36.5 Å². The van der Waals surface area contributed by atoms with Crippen molar-refractivity contribution in [3.05, 3.63) is 58.8 Å². The largest absolute Gasteiger partial charge is 0.464 e. The molecule has 0 saturated heterocycles. The first-order valence-corrected chi connectivity index (χ1v) is 6.47. The maximum atomic E-state index is 13.9. The monoisotopic (exact) mass is 283 g/mol. The molecule has 0 aliphatic heterocycles. The second-order valence-corrected chi connectivity index (χ2v) is 4.62. The Labute approximate surface area is 115 Å². The molecule has 0 spiro atoms. The molecule has 2 rings (SSSR count). The Balaban J connectivity index is 2.46. The van der Waals surface area contributed by atoms with Crippen LogP contribution < -0.4 is 5.32 Å². The van der Waals surface area contributed by atoms with Gasteiger partial charge in [0, 0.05) is 17.7 Å². The second kappa shape index (κ2) is 6.13. The number of benzene rings is 1.